The van der Waals surface area contributed by atoms with Gasteiger partial charge in [0, 0.05) is 18.8 Å². The Morgan fingerprint density at radius 1 is 1.50 bits per heavy atom. The van der Waals surface area contributed by atoms with Gasteiger partial charge < -0.3 is 5.32 Å². The third kappa shape index (κ3) is 3.02. The molecule has 1 saturated carbocycles. The second kappa shape index (κ2) is 4.70. The highest BCUT2D eigenvalue weighted by Crippen LogP contribution is 2.27. The maximum absolute atomic E-state index is 10.6. The summed E-state index contributed by atoms with van der Waals surface area (Å²) in [4.78, 5) is 10.6. The highest BCUT2D eigenvalue weighted by atomic mass is 35.5. The lowest BCUT2D eigenvalue weighted by Gasteiger charge is -2.26. The van der Waals surface area contributed by atoms with Gasteiger partial charge >= 0.3 is 0 Å². The van der Waals surface area contributed by atoms with Crippen LogP contribution in [-0.4, -0.2) is 17.8 Å². The molecule has 1 aliphatic carbocycles. The fourth-order valence-electron chi connectivity index (χ4n) is 1.67. The molecule has 1 N–H and O–H groups in total. The Labute approximate surface area is 78.7 Å². The van der Waals surface area contributed by atoms with Crippen LogP contribution >= 0.6 is 11.6 Å². The fraction of sp³-hybridized carbons (Fsp3) is 0.889. The number of carbonyl (C=O) groups excluding carboxylic acids is 1. The van der Waals surface area contributed by atoms with Crippen molar-refractivity contribution >= 4 is 17.5 Å². The van der Waals surface area contributed by atoms with Gasteiger partial charge in [-0.05, 0) is 18.8 Å². The minimum atomic E-state index is 0.0458. The van der Waals surface area contributed by atoms with E-state index in [0.29, 0.717) is 5.92 Å². The average molecular weight is 190 g/mol. The summed E-state index contributed by atoms with van der Waals surface area (Å²) < 4.78 is 0. The molecule has 2 unspecified atom stereocenters. The number of amides is 1. The Morgan fingerprint density at radius 3 is 2.75 bits per heavy atom. The molecule has 0 bridgehead atoms. The van der Waals surface area contributed by atoms with Gasteiger partial charge in [-0.25, -0.2) is 0 Å². The molecule has 70 valence electrons. The second-order valence-corrected chi connectivity index (χ2v) is 4.06. The molecule has 0 aromatic heterocycles. The molecular weight excluding hydrogens is 174 g/mol. The summed E-state index contributed by atoms with van der Waals surface area (Å²) in [6.45, 7) is 2.30. The number of alkyl halides is 1. The molecule has 0 spiro atoms. The van der Waals surface area contributed by atoms with Crippen LogP contribution in [-0.2, 0) is 4.79 Å². The Balaban J connectivity index is 2.24. The van der Waals surface area contributed by atoms with E-state index in [1.165, 1.54) is 12.8 Å². The number of nitrogens with one attached hydrogen (secondary N) is 1. The van der Waals surface area contributed by atoms with Crippen LogP contribution in [0.3, 0.4) is 0 Å². The first-order valence-electron chi connectivity index (χ1n) is 4.58. The van der Waals surface area contributed by atoms with E-state index in [1.807, 2.05) is 0 Å². The molecule has 1 aliphatic rings. The Morgan fingerprint density at radius 2 is 2.17 bits per heavy atom. The summed E-state index contributed by atoms with van der Waals surface area (Å²) in [5.41, 5.74) is 0. The summed E-state index contributed by atoms with van der Waals surface area (Å²) in [6.07, 6.45) is 4.76. The molecule has 3 heteroatoms. The van der Waals surface area contributed by atoms with Gasteiger partial charge in [0.05, 0.1) is 0 Å². The van der Waals surface area contributed by atoms with Gasteiger partial charge in [-0.1, -0.05) is 12.8 Å². The molecule has 0 aliphatic heterocycles. The summed E-state index contributed by atoms with van der Waals surface area (Å²) in [7, 11) is 0. The predicted octanol–water partition coefficient (Wildman–Crippen LogP) is 1.92. The molecule has 1 fully saturated rings. The zero-order valence-corrected chi connectivity index (χ0v) is 8.23. The summed E-state index contributed by atoms with van der Waals surface area (Å²) in [5.74, 6) is 0.536. The van der Waals surface area contributed by atoms with E-state index in [9.17, 15) is 4.79 Å². The number of hydrogen-bond donors (Lipinski definition) is 1. The zero-order chi connectivity index (χ0) is 8.97. The largest absolute Gasteiger partial charge is 0.356 e. The molecule has 2 nitrogen and oxygen atoms in total. The van der Waals surface area contributed by atoms with Crippen LogP contribution in [0.2, 0.25) is 0 Å². The minimum absolute atomic E-state index is 0.0458. The van der Waals surface area contributed by atoms with E-state index >= 15 is 0 Å². The summed E-state index contributed by atoms with van der Waals surface area (Å²) in [5, 5.41) is 3.09. The van der Waals surface area contributed by atoms with Crippen molar-refractivity contribution in [3.8, 4) is 0 Å². The Bertz CT molecular complexity index is 161. The first-order chi connectivity index (χ1) is 5.70. The first-order valence-corrected chi connectivity index (χ1v) is 5.02. The summed E-state index contributed by atoms with van der Waals surface area (Å²) >= 11 is 6.11. The fourth-order valence-corrected chi connectivity index (χ4v) is 2.04. The Kier molecular flexibility index (Phi) is 3.86. The van der Waals surface area contributed by atoms with Crippen molar-refractivity contribution < 1.29 is 4.79 Å². The second-order valence-electron chi connectivity index (χ2n) is 3.50. The van der Waals surface area contributed by atoms with Crippen LogP contribution in [0.5, 0.6) is 0 Å². The van der Waals surface area contributed by atoms with E-state index < -0.39 is 0 Å². The third-order valence-corrected chi connectivity index (χ3v) is 3.00. The van der Waals surface area contributed by atoms with Crippen LogP contribution in [0, 0.1) is 5.92 Å². The third-order valence-electron chi connectivity index (χ3n) is 2.43. The lowest BCUT2D eigenvalue weighted by atomic mass is 9.89. The van der Waals surface area contributed by atoms with Gasteiger partial charge in [0.2, 0.25) is 5.91 Å². The number of carbonyl (C=O) groups is 1. The van der Waals surface area contributed by atoms with Crippen LogP contribution in [0.15, 0.2) is 0 Å². The SMILES string of the molecule is CC(=O)NCC1CCCCC1Cl. The van der Waals surface area contributed by atoms with Gasteiger partial charge in [0.15, 0.2) is 0 Å². The standard InChI is InChI=1S/C9H16ClNO/c1-7(12)11-6-8-4-2-3-5-9(8)10/h8-9H,2-6H2,1H3,(H,11,12). The van der Waals surface area contributed by atoms with Crippen molar-refractivity contribution in [2.45, 2.75) is 38.0 Å². The molecule has 0 heterocycles. The highest BCUT2D eigenvalue weighted by molar-refractivity contribution is 6.20. The van der Waals surface area contributed by atoms with Gasteiger partial charge in [-0.15, -0.1) is 11.6 Å². The van der Waals surface area contributed by atoms with Crippen molar-refractivity contribution in [1.82, 2.24) is 5.32 Å². The van der Waals surface area contributed by atoms with E-state index in [4.69, 9.17) is 11.6 Å². The molecule has 2 atom stereocenters. The van der Waals surface area contributed by atoms with Crippen molar-refractivity contribution in [3.05, 3.63) is 0 Å². The maximum atomic E-state index is 10.6. The Hall–Kier alpha value is -0.240. The lowest BCUT2D eigenvalue weighted by Crippen LogP contribution is -2.33. The maximum Gasteiger partial charge on any atom is 0.216 e. The molecule has 1 amide bonds. The molecule has 1 rings (SSSR count). The van der Waals surface area contributed by atoms with E-state index in [2.05, 4.69) is 5.32 Å². The monoisotopic (exact) mass is 189 g/mol. The molecule has 0 saturated heterocycles. The van der Waals surface area contributed by atoms with E-state index in [-0.39, 0.29) is 11.3 Å². The summed E-state index contributed by atoms with van der Waals surface area (Å²) in [6, 6.07) is 0. The van der Waals surface area contributed by atoms with Crippen molar-refractivity contribution in [2.24, 2.45) is 5.92 Å². The smallest absolute Gasteiger partial charge is 0.216 e. The molecule has 0 aromatic rings. The van der Waals surface area contributed by atoms with Crippen LogP contribution < -0.4 is 5.32 Å². The van der Waals surface area contributed by atoms with Crippen LogP contribution in [0.1, 0.15) is 32.6 Å². The average Bonchev–Trinajstić information content (AvgIpc) is 2.03. The molecule has 0 aromatic carbocycles. The van der Waals surface area contributed by atoms with E-state index in [0.717, 1.165) is 19.4 Å². The molecule has 0 radical (unpaired) electrons. The topological polar surface area (TPSA) is 29.1 Å². The normalized spacial score (nSPS) is 29.8. The number of rotatable bonds is 2. The van der Waals surface area contributed by atoms with E-state index in [1.54, 1.807) is 6.92 Å². The molecule has 12 heavy (non-hydrogen) atoms. The highest BCUT2D eigenvalue weighted by Gasteiger charge is 2.22. The molecular formula is C9H16ClNO. The van der Waals surface area contributed by atoms with Gasteiger partial charge in [0.25, 0.3) is 0 Å². The quantitative estimate of drug-likeness (QED) is 0.661. The number of hydrogen-bond acceptors (Lipinski definition) is 1. The lowest BCUT2D eigenvalue weighted by molar-refractivity contribution is -0.119. The van der Waals surface area contributed by atoms with Gasteiger partial charge in [-0.3, -0.25) is 4.79 Å². The van der Waals surface area contributed by atoms with Gasteiger partial charge in [-0.2, -0.15) is 0 Å². The van der Waals surface area contributed by atoms with Crippen LogP contribution in [0.25, 0.3) is 0 Å². The van der Waals surface area contributed by atoms with Crippen molar-refractivity contribution in [1.29, 1.82) is 0 Å². The zero-order valence-electron chi connectivity index (χ0n) is 7.48. The first kappa shape index (κ1) is 9.85. The van der Waals surface area contributed by atoms with Gasteiger partial charge in [0.1, 0.15) is 0 Å². The predicted molar refractivity (Wildman–Crippen MR) is 50.3 cm³/mol. The van der Waals surface area contributed by atoms with Crippen molar-refractivity contribution in [3.63, 3.8) is 0 Å². The number of halogens is 1. The van der Waals surface area contributed by atoms with Crippen molar-refractivity contribution in [2.75, 3.05) is 6.54 Å². The van der Waals surface area contributed by atoms with Crippen LogP contribution in [0.4, 0.5) is 0 Å². The minimum Gasteiger partial charge on any atom is -0.356 e.